The number of carbonyl (C=O) groups is 1. The number of nitrogens with zero attached hydrogens (tertiary/aromatic N) is 3. The molecule has 0 saturated heterocycles. The smallest absolute Gasteiger partial charge is 0.265 e. The molecule has 2 rings (SSSR count). The van der Waals surface area contributed by atoms with Crippen molar-refractivity contribution < 1.29 is 9.32 Å². The first-order valence-electron chi connectivity index (χ1n) is 5.67. The highest BCUT2D eigenvalue weighted by Gasteiger charge is 2.16. The largest absolute Gasteiger partial charge is 0.382 e. The number of nitrogens with two attached hydrogens (primary N) is 1. The van der Waals surface area contributed by atoms with Crippen LogP contribution in [0, 0.1) is 6.92 Å². The second-order valence-electron chi connectivity index (χ2n) is 3.68. The molecule has 0 unspecified atom stereocenters. The predicted octanol–water partition coefficient (Wildman–Crippen LogP) is 0.779. The van der Waals surface area contributed by atoms with Crippen molar-refractivity contribution in [2.45, 2.75) is 20.4 Å². The third kappa shape index (κ3) is 3.19. The van der Waals surface area contributed by atoms with Crippen LogP contribution in [0.5, 0.6) is 0 Å². The second-order valence-corrected chi connectivity index (χ2v) is 4.68. The number of hydrogen-bond donors (Lipinski definition) is 3. The average Bonchev–Trinajstić information content (AvgIpc) is 2.93. The highest BCUT2D eigenvalue weighted by molar-refractivity contribution is 7.18. The molecule has 1 amide bonds. The molecule has 8 nitrogen and oxygen atoms in total. The lowest BCUT2D eigenvalue weighted by Gasteiger charge is -1.99. The molecule has 2 aromatic heterocycles. The van der Waals surface area contributed by atoms with Gasteiger partial charge in [0, 0.05) is 6.54 Å². The maximum Gasteiger partial charge on any atom is 0.265 e. The summed E-state index contributed by atoms with van der Waals surface area (Å²) < 4.78 is 4.89. The molecule has 0 radical (unpaired) electrons. The number of thiazole rings is 1. The highest BCUT2D eigenvalue weighted by atomic mass is 32.1. The fourth-order valence-electron chi connectivity index (χ4n) is 1.37. The van der Waals surface area contributed by atoms with Crippen molar-refractivity contribution in [1.29, 1.82) is 0 Å². The van der Waals surface area contributed by atoms with Crippen LogP contribution in [-0.2, 0) is 6.54 Å². The van der Waals surface area contributed by atoms with E-state index in [2.05, 4.69) is 25.8 Å². The molecule has 4 N–H and O–H groups in total. The topological polar surface area (TPSA) is 119 Å². The van der Waals surface area contributed by atoms with Crippen LogP contribution in [0.3, 0.4) is 0 Å². The molecule has 0 bridgehead atoms. The summed E-state index contributed by atoms with van der Waals surface area (Å²) in [6, 6.07) is 0. The van der Waals surface area contributed by atoms with Crippen LogP contribution < -0.4 is 16.4 Å². The van der Waals surface area contributed by atoms with Crippen LogP contribution in [0.1, 0.15) is 28.3 Å². The van der Waals surface area contributed by atoms with Gasteiger partial charge in [-0.05, 0) is 13.8 Å². The molecular weight excluding hydrogens is 268 g/mol. The quantitative estimate of drug-likeness (QED) is 0.741. The van der Waals surface area contributed by atoms with E-state index in [0.29, 0.717) is 21.7 Å². The number of aryl methyl sites for hydroxylation is 1. The van der Waals surface area contributed by atoms with E-state index in [1.165, 1.54) is 11.3 Å². The van der Waals surface area contributed by atoms with E-state index in [9.17, 15) is 4.79 Å². The molecule has 0 fully saturated rings. The van der Waals surface area contributed by atoms with Gasteiger partial charge in [0.1, 0.15) is 10.7 Å². The minimum absolute atomic E-state index is 0.160. The van der Waals surface area contributed by atoms with Gasteiger partial charge < -0.3 is 20.9 Å². The zero-order valence-corrected chi connectivity index (χ0v) is 11.4. The molecule has 0 spiro atoms. The van der Waals surface area contributed by atoms with Crippen molar-refractivity contribution in [3.8, 4) is 0 Å². The highest BCUT2D eigenvalue weighted by Crippen LogP contribution is 2.24. The lowest BCUT2D eigenvalue weighted by atomic mass is 10.4. The van der Waals surface area contributed by atoms with Crippen molar-refractivity contribution in [2.24, 2.45) is 0 Å². The standard InChI is InChI=1S/C10H14N6O2S/c1-3-12-10-15-8(11)7(19-10)9(17)13-4-6-14-5(2)16-18-6/h3-4,11H2,1-2H3,(H,12,15)(H,13,17). The van der Waals surface area contributed by atoms with E-state index in [1.807, 2.05) is 6.92 Å². The first-order valence-corrected chi connectivity index (χ1v) is 6.49. The van der Waals surface area contributed by atoms with E-state index < -0.39 is 0 Å². The summed E-state index contributed by atoms with van der Waals surface area (Å²) in [5.74, 6) is 0.770. The minimum Gasteiger partial charge on any atom is -0.382 e. The predicted molar refractivity (Wildman–Crippen MR) is 70.9 cm³/mol. The molecule has 0 aromatic carbocycles. The summed E-state index contributed by atoms with van der Waals surface area (Å²) >= 11 is 1.21. The Kier molecular flexibility index (Phi) is 3.95. The Morgan fingerprint density at radius 2 is 2.26 bits per heavy atom. The van der Waals surface area contributed by atoms with E-state index in [4.69, 9.17) is 10.3 Å². The summed E-state index contributed by atoms with van der Waals surface area (Å²) in [5.41, 5.74) is 5.69. The van der Waals surface area contributed by atoms with E-state index in [1.54, 1.807) is 6.92 Å². The van der Waals surface area contributed by atoms with Gasteiger partial charge in [-0.15, -0.1) is 0 Å². The monoisotopic (exact) mass is 282 g/mol. The summed E-state index contributed by atoms with van der Waals surface area (Å²) in [4.78, 5) is 20.3. The van der Waals surface area contributed by atoms with Gasteiger partial charge in [-0.1, -0.05) is 16.5 Å². The summed E-state index contributed by atoms with van der Waals surface area (Å²) in [5, 5.41) is 9.91. The van der Waals surface area contributed by atoms with Crippen LogP contribution in [0.2, 0.25) is 0 Å². The number of anilines is 2. The molecule has 102 valence electrons. The number of aromatic nitrogens is 3. The van der Waals surface area contributed by atoms with Gasteiger partial charge in [0.2, 0.25) is 5.89 Å². The normalized spacial score (nSPS) is 10.4. The van der Waals surface area contributed by atoms with Crippen molar-refractivity contribution >= 4 is 28.2 Å². The molecule has 0 aliphatic heterocycles. The molecule has 19 heavy (non-hydrogen) atoms. The molecule has 0 atom stereocenters. The lowest BCUT2D eigenvalue weighted by molar-refractivity contribution is 0.0951. The summed E-state index contributed by atoms with van der Waals surface area (Å²) in [7, 11) is 0. The van der Waals surface area contributed by atoms with E-state index in [-0.39, 0.29) is 18.3 Å². The van der Waals surface area contributed by atoms with Crippen LogP contribution in [0.15, 0.2) is 4.52 Å². The zero-order chi connectivity index (χ0) is 13.8. The lowest BCUT2D eigenvalue weighted by Crippen LogP contribution is -2.22. The second kappa shape index (κ2) is 5.65. The van der Waals surface area contributed by atoms with Crippen molar-refractivity contribution in [1.82, 2.24) is 20.4 Å². The van der Waals surface area contributed by atoms with E-state index in [0.717, 1.165) is 6.54 Å². The van der Waals surface area contributed by atoms with Gasteiger partial charge in [-0.2, -0.15) is 4.98 Å². The van der Waals surface area contributed by atoms with Crippen molar-refractivity contribution in [3.63, 3.8) is 0 Å². The number of nitrogen functional groups attached to an aromatic ring is 1. The summed E-state index contributed by atoms with van der Waals surface area (Å²) in [6.07, 6.45) is 0. The number of rotatable bonds is 5. The number of carbonyl (C=O) groups excluding carboxylic acids is 1. The van der Waals surface area contributed by atoms with Gasteiger partial charge in [0.15, 0.2) is 11.0 Å². The van der Waals surface area contributed by atoms with Gasteiger partial charge >= 0.3 is 0 Å². The first kappa shape index (κ1) is 13.3. The van der Waals surface area contributed by atoms with Crippen molar-refractivity contribution in [2.75, 3.05) is 17.6 Å². The molecule has 2 aromatic rings. The molecule has 0 aliphatic carbocycles. The third-order valence-corrected chi connectivity index (χ3v) is 3.19. The summed E-state index contributed by atoms with van der Waals surface area (Å²) in [6.45, 7) is 4.52. The Morgan fingerprint density at radius 3 is 2.89 bits per heavy atom. The molecule has 9 heteroatoms. The Bertz CT molecular complexity index is 578. The van der Waals surface area contributed by atoms with Gasteiger partial charge in [0.25, 0.3) is 5.91 Å². The third-order valence-electron chi connectivity index (χ3n) is 2.16. The Labute approximate surface area is 113 Å². The number of hydrogen-bond acceptors (Lipinski definition) is 8. The van der Waals surface area contributed by atoms with Gasteiger partial charge in [-0.3, -0.25) is 4.79 Å². The number of nitrogens with one attached hydrogen (secondary N) is 2. The number of amides is 1. The Morgan fingerprint density at radius 1 is 1.47 bits per heavy atom. The van der Waals surface area contributed by atoms with Gasteiger partial charge in [0.05, 0.1) is 6.54 Å². The molecule has 0 aliphatic rings. The van der Waals surface area contributed by atoms with Gasteiger partial charge in [-0.25, -0.2) is 4.98 Å². The minimum atomic E-state index is -0.310. The van der Waals surface area contributed by atoms with Crippen LogP contribution in [0.4, 0.5) is 10.9 Å². The molecule has 0 saturated carbocycles. The SMILES string of the molecule is CCNc1nc(N)c(C(=O)NCc2nc(C)no2)s1. The van der Waals surface area contributed by atoms with Crippen molar-refractivity contribution in [3.05, 3.63) is 16.6 Å². The fourth-order valence-corrected chi connectivity index (χ4v) is 2.24. The maximum absolute atomic E-state index is 11.9. The van der Waals surface area contributed by atoms with E-state index >= 15 is 0 Å². The average molecular weight is 282 g/mol. The van der Waals surface area contributed by atoms with Crippen LogP contribution in [-0.4, -0.2) is 27.6 Å². The maximum atomic E-state index is 11.9. The molecular formula is C10H14N6O2S. The first-order chi connectivity index (χ1) is 9.10. The molecule has 2 heterocycles. The Balaban J connectivity index is 1.99. The van der Waals surface area contributed by atoms with Crippen LogP contribution >= 0.6 is 11.3 Å². The Hall–Kier alpha value is -2.16. The zero-order valence-electron chi connectivity index (χ0n) is 10.6. The fraction of sp³-hybridized carbons (Fsp3) is 0.400. The van der Waals surface area contributed by atoms with Crippen LogP contribution in [0.25, 0.3) is 0 Å².